The molecule has 0 bridgehead atoms. The molecular formula is C135H97BrN4O2. The van der Waals surface area contributed by atoms with Crippen molar-refractivity contribution in [3.63, 3.8) is 0 Å². The highest BCUT2D eigenvalue weighted by molar-refractivity contribution is 9.10. The number of nitrogens with one attached hydrogen (secondary N) is 1. The topological polar surface area (TPSA) is 51.4 Å². The van der Waals surface area contributed by atoms with Crippen molar-refractivity contribution in [2.45, 2.75) is 46.0 Å². The van der Waals surface area contributed by atoms with E-state index < -0.39 is 0 Å². The molecule has 0 fully saturated rings. The first-order valence-corrected chi connectivity index (χ1v) is 49.3. The number of halogens is 1. The molecule has 142 heavy (non-hydrogen) atoms. The van der Waals surface area contributed by atoms with Crippen LogP contribution in [0.5, 0.6) is 0 Å². The summed E-state index contributed by atoms with van der Waals surface area (Å²) in [5.74, 6) is 0. The molecular weight excluding hydrogens is 1790 g/mol. The monoisotopic (exact) mass is 1880 g/mol. The lowest BCUT2D eigenvalue weighted by molar-refractivity contribution is 0.660. The van der Waals surface area contributed by atoms with E-state index in [1.54, 1.807) is 0 Å². The molecule has 0 radical (unpaired) electrons. The molecule has 0 saturated carbocycles. The third-order valence-corrected chi connectivity index (χ3v) is 30.0. The molecule has 4 heterocycles. The maximum Gasteiger partial charge on any atom is 0.136 e. The van der Waals surface area contributed by atoms with Crippen LogP contribution in [0, 0.1) is 0 Å². The first kappa shape index (κ1) is 86.2. The minimum Gasteiger partial charge on any atom is -0.456 e. The number of benzene rings is 22. The highest BCUT2D eigenvalue weighted by Gasteiger charge is 2.38. The molecule has 676 valence electrons. The van der Waals surface area contributed by atoms with Crippen molar-refractivity contribution < 1.29 is 8.83 Å². The van der Waals surface area contributed by atoms with E-state index in [0.717, 1.165) is 99.4 Å². The van der Waals surface area contributed by atoms with E-state index in [2.05, 4.69) is 536 Å². The van der Waals surface area contributed by atoms with Crippen LogP contribution in [0.15, 0.2) is 499 Å². The van der Waals surface area contributed by atoms with Crippen molar-refractivity contribution in [3.05, 3.63) is 512 Å². The summed E-state index contributed by atoms with van der Waals surface area (Å²) >= 11 is 3.59. The van der Waals surface area contributed by atoms with Crippen molar-refractivity contribution >= 4 is 153 Å². The van der Waals surface area contributed by atoms with Gasteiger partial charge in [-0.3, -0.25) is 0 Å². The number of rotatable bonds is 13. The van der Waals surface area contributed by atoms with Crippen molar-refractivity contribution in [2.75, 3.05) is 10.2 Å². The van der Waals surface area contributed by atoms with E-state index in [1.165, 1.54) is 165 Å². The summed E-state index contributed by atoms with van der Waals surface area (Å²) in [6.07, 6.45) is 0. The number of aromatic nitrogens is 2. The summed E-state index contributed by atoms with van der Waals surface area (Å²) in [6, 6.07) is 176. The van der Waals surface area contributed by atoms with Gasteiger partial charge in [0, 0.05) is 98.2 Å². The minimum atomic E-state index is -0.125. The zero-order chi connectivity index (χ0) is 94.1. The zero-order valence-corrected chi connectivity index (χ0v) is 79.8. The molecule has 0 spiro atoms. The molecule has 2 aliphatic rings. The third kappa shape index (κ3) is 14.9. The second kappa shape index (κ2) is 35.0. The van der Waals surface area contributed by atoms with Gasteiger partial charge in [-0.1, -0.05) is 367 Å². The Kier molecular flexibility index (Phi) is 21.2. The Balaban J connectivity index is 0.000000124. The normalized spacial score (nSPS) is 12.6. The van der Waals surface area contributed by atoms with E-state index >= 15 is 0 Å². The van der Waals surface area contributed by atoms with Crippen LogP contribution < -0.4 is 10.2 Å². The largest absolute Gasteiger partial charge is 0.456 e. The first-order chi connectivity index (χ1) is 69.3. The smallest absolute Gasteiger partial charge is 0.136 e. The summed E-state index contributed by atoms with van der Waals surface area (Å²) in [7, 11) is 0. The molecule has 6 nitrogen and oxygen atoms in total. The van der Waals surface area contributed by atoms with Gasteiger partial charge in [-0.05, 0) is 303 Å². The molecule has 22 aromatic carbocycles. The molecule has 1 N–H and O–H groups in total. The molecule has 0 unspecified atom stereocenters. The molecule has 0 atom stereocenters. The molecule has 26 aromatic rings. The summed E-state index contributed by atoms with van der Waals surface area (Å²) in [4.78, 5) is 2.42. The van der Waals surface area contributed by atoms with E-state index in [4.69, 9.17) is 8.83 Å². The van der Waals surface area contributed by atoms with Crippen LogP contribution in [0.1, 0.15) is 57.4 Å². The third-order valence-electron chi connectivity index (χ3n) is 29.4. The van der Waals surface area contributed by atoms with Crippen LogP contribution in [-0.2, 0) is 10.8 Å². The fourth-order valence-corrected chi connectivity index (χ4v) is 22.7. The Hall–Kier alpha value is -17.4. The summed E-state index contributed by atoms with van der Waals surface area (Å²) in [5, 5.41) is 17.9. The quantitative estimate of drug-likeness (QED) is 0.125. The van der Waals surface area contributed by atoms with E-state index in [0.29, 0.717) is 0 Å². The van der Waals surface area contributed by atoms with E-state index in [1.807, 2.05) is 12.1 Å². The van der Waals surface area contributed by atoms with Gasteiger partial charge in [0.15, 0.2) is 0 Å². The van der Waals surface area contributed by atoms with Gasteiger partial charge < -0.3 is 28.2 Å². The van der Waals surface area contributed by atoms with Crippen LogP contribution >= 0.6 is 15.9 Å². The van der Waals surface area contributed by atoms with Gasteiger partial charge in [0.2, 0.25) is 0 Å². The minimum absolute atomic E-state index is 0. The van der Waals surface area contributed by atoms with Gasteiger partial charge in [0.25, 0.3) is 0 Å². The number of nitrogens with zero attached hydrogens (tertiary/aromatic N) is 3. The lowest BCUT2D eigenvalue weighted by Gasteiger charge is -2.28. The van der Waals surface area contributed by atoms with Crippen LogP contribution in [0.3, 0.4) is 0 Å². The number of furan rings is 2. The van der Waals surface area contributed by atoms with Crippen molar-refractivity contribution in [1.29, 1.82) is 0 Å². The average Bonchev–Trinajstić information content (AvgIpc) is 1.56. The van der Waals surface area contributed by atoms with Crippen LogP contribution in [-0.4, -0.2) is 9.13 Å². The Morgan fingerprint density at radius 3 is 1.08 bits per heavy atom. The SMILES string of the molecule is Brc1ccc(-c2ccc3c(c2)c2cc4c(ccc5oc6ccccc6c54)cc2n3-c2cccc(-c3ccccc3)c2)cc1.C.CC1(C)c2ccccc2-c2ccc(N(c3ccc(-c4ccc5c(c4)c4cc6c(ccc7oc8ccccc8c76)cc4n5-c4cccc(-c5ccccc5)c4)cc3)c3cccc(-c4ccccc4)c3)cc21.CC1(C)c2ccccc2-c2ccc(Nc3cccc(-c4ccccc4)c3)cc21. The Bertz CT molecular complexity index is 9450. The van der Waals surface area contributed by atoms with Gasteiger partial charge in [-0.2, -0.15) is 0 Å². The second-order valence-electron chi connectivity index (χ2n) is 38.4. The Labute approximate surface area is 833 Å². The van der Waals surface area contributed by atoms with Gasteiger partial charge in [-0.15, -0.1) is 0 Å². The number of hydrogen-bond acceptors (Lipinski definition) is 4. The first-order valence-electron chi connectivity index (χ1n) is 48.5. The predicted molar refractivity (Wildman–Crippen MR) is 604 cm³/mol. The van der Waals surface area contributed by atoms with Gasteiger partial charge >= 0.3 is 0 Å². The number of anilines is 5. The van der Waals surface area contributed by atoms with Gasteiger partial charge in [-0.25, -0.2) is 0 Å². The molecule has 0 saturated heterocycles. The van der Waals surface area contributed by atoms with Crippen molar-refractivity contribution in [3.8, 4) is 100 Å². The molecule has 28 rings (SSSR count). The second-order valence-corrected chi connectivity index (χ2v) is 39.3. The molecule has 0 amide bonds. The van der Waals surface area contributed by atoms with E-state index in [-0.39, 0.29) is 18.3 Å². The molecule has 2 aliphatic carbocycles. The standard InChI is InChI=1S/C67H46N2O.C40H24BrNO.C27H23N.CH4/c1-67(2)60-25-11-9-23-54(60)55-34-33-53(41-61(55)67)68(51-21-13-19-46(37-51)43-15-5-3-6-16-43)50-31-27-45(28-32-50)48-29-35-62-58(39-48)59-42-57-49(30-36-65-66(57)56-24-10-12-26-64(56)70-65)40-63(59)69(62)52-22-14-20-47(38-52)44-17-7-4-8-18-44;41-30-17-13-26(14-18-30)28-15-19-36-34(22-28)35-24-33-29(16-20-39-40(33)32-11-4-5-12-38(32)43-39)23-37(35)42(36)31-10-6-9-27(21-31)25-7-2-1-3-8-25;1-27(2)25-14-7-6-13-23(25)24-16-15-22(18-26(24)27)28-21-12-8-11-20(17-21)19-9-4-3-5-10-19;/h3-42H,1-2H3;1-24H;3-18,28H,1-2H3;1H4. The van der Waals surface area contributed by atoms with Crippen LogP contribution in [0.2, 0.25) is 0 Å². The lowest BCUT2D eigenvalue weighted by Crippen LogP contribution is -2.16. The molecule has 4 aromatic heterocycles. The maximum absolute atomic E-state index is 6.41. The van der Waals surface area contributed by atoms with Crippen LogP contribution in [0.25, 0.3) is 209 Å². The Morgan fingerprint density at radius 1 is 0.225 bits per heavy atom. The Morgan fingerprint density at radius 2 is 0.585 bits per heavy atom. The van der Waals surface area contributed by atoms with Crippen molar-refractivity contribution in [2.24, 2.45) is 0 Å². The molecule has 7 heteroatoms. The number of hydrogen-bond donors (Lipinski definition) is 1. The predicted octanol–water partition coefficient (Wildman–Crippen LogP) is 38.6. The zero-order valence-electron chi connectivity index (χ0n) is 78.2. The van der Waals surface area contributed by atoms with Gasteiger partial charge in [0.1, 0.15) is 22.3 Å². The molecule has 0 aliphatic heterocycles. The fourth-order valence-electron chi connectivity index (χ4n) is 22.5. The summed E-state index contributed by atoms with van der Waals surface area (Å²) < 4.78 is 18.6. The number of fused-ring (bicyclic) bond motifs is 22. The van der Waals surface area contributed by atoms with Crippen molar-refractivity contribution in [1.82, 2.24) is 9.13 Å². The number of para-hydroxylation sites is 2. The maximum atomic E-state index is 6.41. The average molecular weight is 1890 g/mol. The summed E-state index contributed by atoms with van der Waals surface area (Å²) in [5.41, 5.74) is 41.3. The summed E-state index contributed by atoms with van der Waals surface area (Å²) in [6.45, 7) is 9.35. The van der Waals surface area contributed by atoms with Gasteiger partial charge in [0.05, 0.1) is 22.1 Å². The fraction of sp³-hybridized carbons (Fsp3) is 0.0519. The van der Waals surface area contributed by atoms with Crippen LogP contribution in [0.4, 0.5) is 28.4 Å². The lowest BCUT2D eigenvalue weighted by atomic mass is 9.82. The van der Waals surface area contributed by atoms with E-state index in [9.17, 15) is 0 Å². The highest BCUT2D eigenvalue weighted by atomic mass is 79.9. The highest BCUT2D eigenvalue weighted by Crippen LogP contribution is 2.54.